The third-order valence-corrected chi connectivity index (χ3v) is 4.79. The summed E-state index contributed by atoms with van der Waals surface area (Å²) in [6, 6.07) is 2.02. The van der Waals surface area contributed by atoms with Gasteiger partial charge in [-0.1, -0.05) is 0 Å². The number of hydrogen-bond donors (Lipinski definition) is 1. The Kier molecular flexibility index (Phi) is 3.98. The van der Waals surface area contributed by atoms with Crippen molar-refractivity contribution in [2.24, 2.45) is 0 Å². The fourth-order valence-corrected chi connectivity index (χ4v) is 3.59. The van der Waals surface area contributed by atoms with Gasteiger partial charge in [-0.2, -0.15) is 0 Å². The van der Waals surface area contributed by atoms with Gasteiger partial charge in [0.15, 0.2) is 0 Å². The zero-order chi connectivity index (χ0) is 14.8. The molecule has 0 aliphatic carbocycles. The molecule has 0 spiro atoms. The van der Waals surface area contributed by atoms with E-state index < -0.39 is 5.97 Å². The Labute approximate surface area is 127 Å². The summed E-state index contributed by atoms with van der Waals surface area (Å²) in [5.41, 5.74) is 2.17. The van der Waals surface area contributed by atoms with Crippen LogP contribution in [0.25, 0.3) is 0 Å². The maximum atomic E-state index is 10.9. The van der Waals surface area contributed by atoms with Gasteiger partial charge in [-0.05, 0) is 43.5 Å². The van der Waals surface area contributed by atoms with Crippen LogP contribution in [0.2, 0.25) is 0 Å². The highest BCUT2D eigenvalue weighted by Crippen LogP contribution is 2.34. The Bertz CT molecular complexity index is 642. The van der Waals surface area contributed by atoms with Crippen LogP contribution in [0.3, 0.4) is 0 Å². The SMILES string of the molecule is Cc1cc(C(=O)O)ncc1CN1CCCC1c1nccs1. The van der Waals surface area contributed by atoms with Crippen molar-refractivity contribution in [3.05, 3.63) is 45.7 Å². The summed E-state index contributed by atoms with van der Waals surface area (Å²) in [6.45, 7) is 3.78. The number of carboxylic acids is 1. The molecule has 3 heterocycles. The number of aromatic carboxylic acids is 1. The van der Waals surface area contributed by atoms with E-state index in [9.17, 15) is 4.79 Å². The lowest BCUT2D eigenvalue weighted by Gasteiger charge is -2.23. The van der Waals surface area contributed by atoms with Gasteiger partial charge < -0.3 is 5.11 Å². The van der Waals surface area contributed by atoms with Gasteiger partial charge in [0.25, 0.3) is 0 Å². The molecule has 1 fully saturated rings. The molecule has 110 valence electrons. The van der Waals surface area contributed by atoms with Crippen molar-refractivity contribution in [2.45, 2.75) is 32.4 Å². The summed E-state index contributed by atoms with van der Waals surface area (Å²) in [5, 5.41) is 12.2. The summed E-state index contributed by atoms with van der Waals surface area (Å²) < 4.78 is 0. The normalized spacial score (nSPS) is 19.0. The third kappa shape index (κ3) is 2.96. The van der Waals surface area contributed by atoms with Crippen molar-refractivity contribution < 1.29 is 9.90 Å². The molecular formula is C15H17N3O2S. The van der Waals surface area contributed by atoms with Gasteiger partial charge in [-0.15, -0.1) is 11.3 Å². The highest BCUT2D eigenvalue weighted by Gasteiger charge is 2.28. The molecule has 0 radical (unpaired) electrons. The fourth-order valence-electron chi connectivity index (χ4n) is 2.78. The number of aryl methyl sites for hydroxylation is 1. The number of thiazole rings is 1. The summed E-state index contributed by atoms with van der Waals surface area (Å²) in [5.74, 6) is -0.980. The molecular weight excluding hydrogens is 286 g/mol. The van der Waals surface area contributed by atoms with Crippen LogP contribution >= 0.6 is 11.3 Å². The molecule has 0 saturated carbocycles. The molecule has 2 aromatic rings. The maximum absolute atomic E-state index is 10.9. The van der Waals surface area contributed by atoms with E-state index >= 15 is 0 Å². The second kappa shape index (κ2) is 5.91. The van der Waals surface area contributed by atoms with Crippen LogP contribution < -0.4 is 0 Å². The Morgan fingerprint density at radius 3 is 3.05 bits per heavy atom. The number of rotatable bonds is 4. The minimum Gasteiger partial charge on any atom is -0.477 e. The van der Waals surface area contributed by atoms with Gasteiger partial charge in [0.2, 0.25) is 0 Å². The first-order valence-corrected chi connectivity index (χ1v) is 7.85. The first-order valence-electron chi connectivity index (χ1n) is 6.97. The van der Waals surface area contributed by atoms with Crippen LogP contribution in [-0.4, -0.2) is 32.5 Å². The molecule has 2 aromatic heterocycles. The molecule has 1 atom stereocenters. The van der Waals surface area contributed by atoms with Gasteiger partial charge in [-0.25, -0.2) is 14.8 Å². The van der Waals surface area contributed by atoms with Crippen LogP contribution in [0, 0.1) is 6.92 Å². The number of pyridine rings is 1. The van der Waals surface area contributed by atoms with Gasteiger partial charge >= 0.3 is 5.97 Å². The number of hydrogen-bond acceptors (Lipinski definition) is 5. The van der Waals surface area contributed by atoms with Crippen molar-refractivity contribution in [3.63, 3.8) is 0 Å². The highest BCUT2D eigenvalue weighted by atomic mass is 32.1. The molecule has 1 N–H and O–H groups in total. The number of nitrogens with zero attached hydrogens (tertiary/aromatic N) is 3. The monoisotopic (exact) mass is 303 g/mol. The van der Waals surface area contributed by atoms with Crippen LogP contribution in [0.5, 0.6) is 0 Å². The lowest BCUT2D eigenvalue weighted by atomic mass is 10.1. The first-order chi connectivity index (χ1) is 10.1. The number of carboxylic acid groups (broad SMARTS) is 1. The van der Waals surface area contributed by atoms with E-state index in [1.54, 1.807) is 23.6 Å². The minimum atomic E-state index is -0.980. The molecule has 1 aliphatic rings. The van der Waals surface area contributed by atoms with Crippen molar-refractivity contribution in [1.29, 1.82) is 0 Å². The summed E-state index contributed by atoms with van der Waals surface area (Å²) in [7, 11) is 0. The zero-order valence-corrected chi connectivity index (χ0v) is 12.6. The molecule has 5 nitrogen and oxygen atoms in total. The number of carbonyl (C=O) groups is 1. The van der Waals surface area contributed by atoms with E-state index in [2.05, 4.69) is 14.9 Å². The largest absolute Gasteiger partial charge is 0.477 e. The van der Waals surface area contributed by atoms with Gasteiger partial charge in [0.05, 0.1) is 6.04 Å². The molecule has 0 aromatic carbocycles. The topological polar surface area (TPSA) is 66.3 Å². The molecule has 1 unspecified atom stereocenters. The lowest BCUT2D eigenvalue weighted by molar-refractivity contribution is 0.0690. The van der Waals surface area contributed by atoms with Gasteiger partial charge in [0.1, 0.15) is 10.7 Å². The molecule has 0 amide bonds. The smallest absolute Gasteiger partial charge is 0.354 e. The predicted molar refractivity (Wildman–Crippen MR) is 80.4 cm³/mol. The second-order valence-electron chi connectivity index (χ2n) is 5.30. The lowest BCUT2D eigenvalue weighted by Crippen LogP contribution is -2.23. The first kappa shape index (κ1) is 14.2. The van der Waals surface area contributed by atoms with Gasteiger partial charge in [0, 0.05) is 24.3 Å². The molecule has 21 heavy (non-hydrogen) atoms. The Hall–Kier alpha value is -1.79. The Morgan fingerprint density at radius 2 is 2.38 bits per heavy atom. The average Bonchev–Trinajstić information content (AvgIpc) is 3.11. The van der Waals surface area contributed by atoms with E-state index in [1.165, 1.54) is 11.4 Å². The quantitative estimate of drug-likeness (QED) is 0.940. The van der Waals surface area contributed by atoms with E-state index in [-0.39, 0.29) is 5.69 Å². The molecule has 1 saturated heterocycles. The molecule has 1 aliphatic heterocycles. The van der Waals surface area contributed by atoms with Crippen molar-refractivity contribution >= 4 is 17.3 Å². The number of aromatic nitrogens is 2. The van der Waals surface area contributed by atoms with Crippen LogP contribution in [0.15, 0.2) is 23.8 Å². The van der Waals surface area contributed by atoms with E-state index in [4.69, 9.17) is 5.11 Å². The Morgan fingerprint density at radius 1 is 1.52 bits per heavy atom. The molecule has 3 rings (SSSR count). The Balaban J connectivity index is 1.78. The highest BCUT2D eigenvalue weighted by molar-refractivity contribution is 7.09. The third-order valence-electron chi connectivity index (χ3n) is 3.91. The van der Waals surface area contributed by atoms with Crippen molar-refractivity contribution in [2.75, 3.05) is 6.54 Å². The van der Waals surface area contributed by atoms with E-state index in [1.807, 2.05) is 18.5 Å². The standard InChI is InChI=1S/C15H17N3O2S/c1-10-7-12(15(19)20)17-8-11(10)9-18-5-2-3-13(18)14-16-4-6-21-14/h4,6-8,13H,2-3,5,9H2,1H3,(H,19,20). The average molecular weight is 303 g/mol. The molecule has 0 bridgehead atoms. The van der Waals surface area contributed by atoms with E-state index in [0.29, 0.717) is 6.04 Å². The summed E-state index contributed by atoms with van der Waals surface area (Å²) in [4.78, 5) is 21.8. The fraction of sp³-hybridized carbons (Fsp3) is 0.400. The maximum Gasteiger partial charge on any atom is 0.354 e. The van der Waals surface area contributed by atoms with Crippen LogP contribution in [-0.2, 0) is 6.54 Å². The number of likely N-dealkylation sites (tertiary alicyclic amines) is 1. The van der Waals surface area contributed by atoms with Crippen LogP contribution in [0.4, 0.5) is 0 Å². The summed E-state index contributed by atoms with van der Waals surface area (Å²) >= 11 is 1.70. The van der Waals surface area contributed by atoms with Crippen molar-refractivity contribution in [1.82, 2.24) is 14.9 Å². The zero-order valence-electron chi connectivity index (χ0n) is 11.8. The van der Waals surface area contributed by atoms with Crippen molar-refractivity contribution in [3.8, 4) is 0 Å². The van der Waals surface area contributed by atoms with Gasteiger partial charge in [-0.3, -0.25) is 4.90 Å². The minimum absolute atomic E-state index is 0.106. The summed E-state index contributed by atoms with van der Waals surface area (Å²) in [6.07, 6.45) is 5.85. The van der Waals surface area contributed by atoms with Crippen LogP contribution in [0.1, 0.15) is 45.5 Å². The second-order valence-corrected chi connectivity index (χ2v) is 6.23. The molecule has 6 heteroatoms. The van der Waals surface area contributed by atoms with E-state index in [0.717, 1.165) is 30.6 Å². The predicted octanol–water partition coefficient (Wildman–Crippen LogP) is 2.88.